The summed E-state index contributed by atoms with van der Waals surface area (Å²) in [4.78, 5) is 23.9. The van der Waals surface area contributed by atoms with Gasteiger partial charge in [0, 0.05) is 38.7 Å². The van der Waals surface area contributed by atoms with Gasteiger partial charge in [-0.15, -0.1) is 0 Å². The van der Waals surface area contributed by atoms with Crippen LogP contribution in [0.25, 0.3) is 0 Å². The summed E-state index contributed by atoms with van der Waals surface area (Å²) in [5.74, 6) is -0.807. The highest BCUT2D eigenvalue weighted by Gasteiger charge is 2.09. The first kappa shape index (κ1) is 15.0. The number of carbonyl (C=O) groups excluding carboxylic acids is 1. The second-order valence-electron chi connectivity index (χ2n) is 4.24. The number of benzene rings is 1. The molecule has 0 aliphatic heterocycles. The Bertz CT molecular complexity index is 406. The van der Waals surface area contributed by atoms with E-state index >= 15 is 0 Å². The highest BCUT2D eigenvalue weighted by molar-refractivity contribution is 5.76. The van der Waals surface area contributed by atoms with Gasteiger partial charge in [0.15, 0.2) is 0 Å². The number of carboxylic acid groups (broad SMARTS) is 1. The predicted octanol–water partition coefficient (Wildman–Crippen LogP) is 1.49. The number of nitrogens with one attached hydrogen (secondary N) is 1. The summed E-state index contributed by atoms with van der Waals surface area (Å²) in [7, 11) is 1.61. The zero-order chi connectivity index (χ0) is 14.1. The number of hydrogen-bond acceptors (Lipinski definition) is 3. The number of carboxylic acids is 1. The van der Waals surface area contributed by atoms with Gasteiger partial charge in [-0.3, -0.25) is 9.59 Å². The molecule has 0 bridgehead atoms. The van der Waals surface area contributed by atoms with Crippen molar-refractivity contribution >= 4 is 17.6 Å². The van der Waals surface area contributed by atoms with Gasteiger partial charge in [0.1, 0.15) is 0 Å². The molecule has 19 heavy (non-hydrogen) atoms. The Balaban J connectivity index is 2.57. The van der Waals surface area contributed by atoms with E-state index in [0.29, 0.717) is 25.9 Å². The highest BCUT2D eigenvalue weighted by atomic mass is 16.4. The van der Waals surface area contributed by atoms with Crippen molar-refractivity contribution in [3.05, 3.63) is 30.3 Å². The van der Waals surface area contributed by atoms with E-state index in [1.165, 1.54) is 0 Å². The van der Waals surface area contributed by atoms with E-state index < -0.39 is 5.97 Å². The van der Waals surface area contributed by atoms with Crippen molar-refractivity contribution in [2.45, 2.75) is 19.3 Å². The number of carbonyl (C=O) groups is 2. The Morgan fingerprint density at radius 1 is 1.16 bits per heavy atom. The molecule has 0 saturated carbocycles. The number of anilines is 1. The number of nitrogens with zero attached hydrogens (tertiary/aromatic N) is 1. The van der Waals surface area contributed by atoms with E-state index in [2.05, 4.69) is 5.32 Å². The van der Waals surface area contributed by atoms with Crippen molar-refractivity contribution in [1.29, 1.82) is 0 Å². The fourth-order valence-corrected chi connectivity index (χ4v) is 1.79. The molecule has 5 nitrogen and oxygen atoms in total. The molecule has 2 N–H and O–H groups in total. The quantitative estimate of drug-likeness (QED) is 0.746. The minimum atomic E-state index is -0.792. The number of para-hydroxylation sites is 1. The van der Waals surface area contributed by atoms with Gasteiger partial charge in [-0.25, -0.2) is 0 Å². The minimum absolute atomic E-state index is 0.0147. The zero-order valence-electron chi connectivity index (χ0n) is 11.1. The molecule has 0 atom stereocenters. The van der Waals surface area contributed by atoms with Crippen LogP contribution in [0.15, 0.2) is 30.3 Å². The number of hydrogen-bond donors (Lipinski definition) is 2. The number of aliphatic carboxylic acids is 1. The largest absolute Gasteiger partial charge is 0.481 e. The van der Waals surface area contributed by atoms with Gasteiger partial charge in [0.05, 0.1) is 0 Å². The van der Waals surface area contributed by atoms with Crippen LogP contribution in [0, 0.1) is 0 Å². The van der Waals surface area contributed by atoms with Gasteiger partial charge in [-0.1, -0.05) is 18.2 Å². The Kier molecular flexibility index (Phi) is 6.43. The van der Waals surface area contributed by atoms with Gasteiger partial charge in [0.25, 0.3) is 0 Å². The average Bonchev–Trinajstić information content (AvgIpc) is 2.42. The van der Waals surface area contributed by atoms with Crippen molar-refractivity contribution in [1.82, 2.24) is 5.32 Å². The van der Waals surface area contributed by atoms with Crippen LogP contribution in [0.3, 0.4) is 0 Å². The monoisotopic (exact) mass is 264 g/mol. The first-order valence-electron chi connectivity index (χ1n) is 6.36. The molecule has 0 radical (unpaired) electrons. The van der Waals surface area contributed by atoms with Crippen molar-refractivity contribution in [3.63, 3.8) is 0 Å². The van der Waals surface area contributed by atoms with Crippen molar-refractivity contribution in [3.8, 4) is 0 Å². The first-order valence-corrected chi connectivity index (χ1v) is 6.36. The van der Waals surface area contributed by atoms with Crippen LogP contribution in [-0.4, -0.2) is 37.1 Å². The first-order chi connectivity index (χ1) is 9.13. The fraction of sp³-hybridized carbons (Fsp3) is 0.429. The molecule has 0 aliphatic rings. The fourth-order valence-electron chi connectivity index (χ4n) is 1.79. The normalized spacial score (nSPS) is 9.95. The summed E-state index contributed by atoms with van der Waals surface area (Å²) in [6, 6.07) is 9.71. The van der Waals surface area contributed by atoms with E-state index in [0.717, 1.165) is 5.69 Å². The molecule has 1 aromatic carbocycles. The van der Waals surface area contributed by atoms with Gasteiger partial charge < -0.3 is 15.3 Å². The number of amides is 1. The molecule has 0 unspecified atom stereocenters. The molecule has 1 aromatic rings. The summed E-state index contributed by atoms with van der Waals surface area (Å²) >= 11 is 0. The van der Waals surface area contributed by atoms with Crippen LogP contribution in [0.2, 0.25) is 0 Å². The summed E-state index contributed by atoms with van der Waals surface area (Å²) in [6.45, 7) is 1.22. The molecule has 0 fully saturated rings. The Hall–Kier alpha value is -2.04. The van der Waals surface area contributed by atoms with Gasteiger partial charge in [-0.2, -0.15) is 0 Å². The summed E-state index contributed by atoms with van der Waals surface area (Å²) in [5.41, 5.74) is 1.01. The third kappa shape index (κ3) is 5.90. The van der Waals surface area contributed by atoms with Crippen molar-refractivity contribution in [2.75, 3.05) is 25.0 Å². The molecular weight excluding hydrogens is 244 g/mol. The average molecular weight is 264 g/mol. The molecule has 1 amide bonds. The maximum atomic E-state index is 11.3. The summed E-state index contributed by atoms with van der Waals surface area (Å²) in [6.07, 6.45) is 1.11. The maximum Gasteiger partial charge on any atom is 0.303 e. The van der Waals surface area contributed by atoms with Crippen LogP contribution in [0.5, 0.6) is 0 Å². The minimum Gasteiger partial charge on any atom is -0.481 e. The van der Waals surface area contributed by atoms with Gasteiger partial charge >= 0.3 is 5.97 Å². The third-order valence-corrected chi connectivity index (χ3v) is 2.83. The molecule has 0 spiro atoms. The molecule has 0 aromatic heterocycles. The Labute approximate surface area is 113 Å². The molecule has 0 heterocycles. The molecular formula is C14H20N2O3. The standard InChI is InChI=1S/C14H20N2O3/c1-15-13(17)9-11-16(10-5-8-14(18)19)12-6-3-2-4-7-12/h2-4,6-7H,5,8-11H2,1H3,(H,15,17)(H,18,19). The smallest absolute Gasteiger partial charge is 0.303 e. The molecule has 0 saturated heterocycles. The van der Waals surface area contributed by atoms with Crippen LogP contribution < -0.4 is 10.2 Å². The lowest BCUT2D eigenvalue weighted by Gasteiger charge is -2.24. The lowest BCUT2D eigenvalue weighted by molar-refractivity contribution is -0.137. The van der Waals surface area contributed by atoms with Crippen molar-refractivity contribution < 1.29 is 14.7 Å². The molecule has 0 aliphatic carbocycles. The Morgan fingerprint density at radius 3 is 2.42 bits per heavy atom. The Morgan fingerprint density at radius 2 is 1.84 bits per heavy atom. The molecule has 104 valence electrons. The van der Waals surface area contributed by atoms with E-state index in [9.17, 15) is 9.59 Å². The zero-order valence-corrected chi connectivity index (χ0v) is 11.1. The van der Waals surface area contributed by atoms with Crippen LogP contribution in [0.4, 0.5) is 5.69 Å². The van der Waals surface area contributed by atoms with Crippen LogP contribution in [0.1, 0.15) is 19.3 Å². The van der Waals surface area contributed by atoms with Crippen LogP contribution >= 0.6 is 0 Å². The second kappa shape index (κ2) is 8.13. The highest BCUT2D eigenvalue weighted by Crippen LogP contribution is 2.14. The molecule has 5 heteroatoms. The summed E-state index contributed by atoms with van der Waals surface area (Å²) < 4.78 is 0. The van der Waals surface area contributed by atoms with Crippen molar-refractivity contribution in [2.24, 2.45) is 0 Å². The topological polar surface area (TPSA) is 69.6 Å². The maximum absolute atomic E-state index is 11.3. The van der Waals surface area contributed by atoms with E-state index in [-0.39, 0.29) is 12.3 Å². The van der Waals surface area contributed by atoms with E-state index in [4.69, 9.17) is 5.11 Å². The lowest BCUT2D eigenvalue weighted by Crippen LogP contribution is -2.30. The molecule has 1 rings (SSSR count). The number of rotatable bonds is 8. The van der Waals surface area contributed by atoms with Crippen LogP contribution in [-0.2, 0) is 9.59 Å². The second-order valence-corrected chi connectivity index (χ2v) is 4.24. The summed E-state index contributed by atoms with van der Waals surface area (Å²) in [5, 5.41) is 11.3. The predicted molar refractivity (Wildman–Crippen MR) is 74.2 cm³/mol. The van der Waals surface area contributed by atoms with E-state index in [1.807, 2.05) is 35.2 Å². The SMILES string of the molecule is CNC(=O)CCN(CCCC(=O)O)c1ccccc1. The van der Waals surface area contributed by atoms with Gasteiger partial charge in [-0.05, 0) is 18.6 Å². The van der Waals surface area contributed by atoms with Gasteiger partial charge in [0.2, 0.25) is 5.91 Å². The third-order valence-electron chi connectivity index (χ3n) is 2.83. The van der Waals surface area contributed by atoms with E-state index in [1.54, 1.807) is 7.05 Å². The lowest BCUT2D eigenvalue weighted by atomic mass is 10.2.